The van der Waals surface area contributed by atoms with Gasteiger partial charge in [-0.15, -0.1) is 0 Å². The SMILES string of the molecule is CC(C)CCn1cnc(Cl)c1Cl. The lowest BCUT2D eigenvalue weighted by atomic mass is 10.1. The highest BCUT2D eigenvalue weighted by Crippen LogP contribution is 2.20. The van der Waals surface area contributed by atoms with E-state index in [4.69, 9.17) is 23.2 Å². The quantitative estimate of drug-likeness (QED) is 0.743. The van der Waals surface area contributed by atoms with Crippen molar-refractivity contribution in [3.05, 3.63) is 16.6 Å². The molecule has 0 aliphatic heterocycles. The molecule has 0 radical (unpaired) electrons. The van der Waals surface area contributed by atoms with E-state index in [0.29, 0.717) is 16.2 Å². The van der Waals surface area contributed by atoms with Crippen LogP contribution in [0, 0.1) is 5.92 Å². The summed E-state index contributed by atoms with van der Waals surface area (Å²) in [6.45, 7) is 5.23. The van der Waals surface area contributed by atoms with Gasteiger partial charge in [0.2, 0.25) is 0 Å². The number of rotatable bonds is 3. The molecule has 0 aliphatic rings. The summed E-state index contributed by atoms with van der Waals surface area (Å²) in [5.41, 5.74) is 0. The number of aromatic nitrogens is 2. The molecule has 1 aromatic rings. The topological polar surface area (TPSA) is 17.8 Å². The molecule has 1 aromatic heterocycles. The highest BCUT2D eigenvalue weighted by molar-refractivity contribution is 6.40. The first kappa shape index (κ1) is 9.87. The van der Waals surface area contributed by atoms with E-state index in [9.17, 15) is 0 Å². The Labute approximate surface area is 82.5 Å². The fourth-order valence-corrected chi connectivity index (χ4v) is 1.23. The van der Waals surface area contributed by atoms with Gasteiger partial charge in [0, 0.05) is 6.54 Å². The fraction of sp³-hybridized carbons (Fsp3) is 0.625. The molecule has 0 saturated carbocycles. The van der Waals surface area contributed by atoms with E-state index in [1.807, 2.05) is 4.57 Å². The summed E-state index contributed by atoms with van der Waals surface area (Å²) in [6.07, 6.45) is 2.76. The first-order valence-corrected chi connectivity index (χ1v) is 4.73. The van der Waals surface area contributed by atoms with E-state index in [-0.39, 0.29) is 0 Å². The highest BCUT2D eigenvalue weighted by atomic mass is 35.5. The van der Waals surface area contributed by atoms with Crippen LogP contribution in [0.2, 0.25) is 10.3 Å². The maximum Gasteiger partial charge on any atom is 0.166 e. The summed E-state index contributed by atoms with van der Waals surface area (Å²) in [5.74, 6) is 0.669. The molecule has 1 rings (SSSR count). The number of nitrogens with zero attached hydrogens (tertiary/aromatic N) is 2. The molecule has 0 aromatic carbocycles. The predicted molar refractivity (Wildman–Crippen MR) is 51.7 cm³/mol. The number of hydrogen-bond donors (Lipinski definition) is 0. The van der Waals surface area contributed by atoms with Gasteiger partial charge in [-0.1, -0.05) is 37.0 Å². The van der Waals surface area contributed by atoms with Crippen LogP contribution < -0.4 is 0 Å². The van der Waals surface area contributed by atoms with Crippen LogP contribution in [0.3, 0.4) is 0 Å². The lowest BCUT2D eigenvalue weighted by Gasteiger charge is -2.05. The lowest BCUT2D eigenvalue weighted by Crippen LogP contribution is -1.99. The second-order valence-electron chi connectivity index (χ2n) is 3.20. The van der Waals surface area contributed by atoms with Gasteiger partial charge < -0.3 is 4.57 Å². The average molecular weight is 207 g/mol. The minimum Gasteiger partial charge on any atom is -0.320 e. The first-order chi connectivity index (χ1) is 5.61. The number of aryl methyl sites for hydroxylation is 1. The van der Waals surface area contributed by atoms with Crippen molar-refractivity contribution in [3.63, 3.8) is 0 Å². The maximum atomic E-state index is 5.86. The zero-order chi connectivity index (χ0) is 9.14. The maximum absolute atomic E-state index is 5.86. The zero-order valence-electron chi connectivity index (χ0n) is 7.22. The normalized spacial score (nSPS) is 11.1. The second-order valence-corrected chi connectivity index (χ2v) is 3.92. The Morgan fingerprint density at radius 3 is 2.58 bits per heavy atom. The third-order valence-corrected chi connectivity index (χ3v) is 2.45. The molecule has 0 atom stereocenters. The molecule has 0 spiro atoms. The molecule has 68 valence electrons. The standard InChI is InChI=1S/C8H12Cl2N2/c1-6(2)3-4-12-5-11-7(9)8(12)10/h5-6H,3-4H2,1-2H3. The third kappa shape index (κ3) is 2.39. The van der Waals surface area contributed by atoms with Crippen LogP contribution in [0.1, 0.15) is 20.3 Å². The minimum atomic E-state index is 0.389. The Bertz CT molecular complexity index is 256. The van der Waals surface area contributed by atoms with Crippen LogP contribution in [-0.4, -0.2) is 9.55 Å². The summed E-state index contributed by atoms with van der Waals surface area (Å²) in [5, 5.41) is 0.928. The summed E-state index contributed by atoms with van der Waals surface area (Å²) < 4.78 is 1.86. The van der Waals surface area contributed by atoms with E-state index in [1.165, 1.54) is 0 Å². The Morgan fingerprint density at radius 2 is 2.17 bits per heavy atom. The number of imidazole rings is 1. The van der Waals surface area contributed by atoms with E-state index >= 15 is 0 Å². The Hall–Kier alpha value is -0.210. The summed E-state index contributed by atoms with van der Waals surface area (Å²) >= 11 is 11.5. The molecule has 0 bridgehead atoms. The molecule has 4 heteroatoms. The van der Waals surface area contributed by atoms with Gasteiger partial charge in [-0.05, 0) is 12.3 Å². The number of hydrogen-bond acceptors (Lipinski definition) is 1. The van der Waals surface area contributed by atoms with Gasteiger partial charge in [0.25, 0.3) is 0 Å². The van der Waals surface area contributed by atoms with Crippen molar-refractivity contribution in [1.82, 2.24) is 9.55 Å². The molecule has 0 aliphatic carbocycles. The van der Waals surface area contributed by atoms with Gasteiger partial charge in [-0.3, -0.25) is 0 Å². The van der Waals surface area contributed by atoms with Gasteiger partial charge in [-0.25, -0.2) is 4.98 Å². The van der Waals surface area contributed by atoms with Crippen molar-refractivity contribution in [1.29, 1.82) is 0 Å². The zero-order valence-corrected chi connectivity index (χ0v) is 8.73. The van der Waals surface area contributed by atoms with Crippen molar-refractivity contribution in [2.24, 2.45) is 5.92 Å². The Kier molecular flexibility index (Phi) is 3.41. The molecule has 0 saturated heterocycles. The molecule has 12 heavy (non-hydrogen) atoms. The average Bonchev–Trinajstić information content (AvgIpc) is 2.30. The van der Waals surface area contributed by atoms with Gasteiger partial charge in [0.1, 0.15) is 5.15 Å². The van der Waals surface area contributed by atoms with Crippen molar-refractivity contribution >= 4 is 23.2 Å². The van der Waals surface area contributed by atoms with Crippen molar-refractivity contribution in [3.8, 4) is 0 Å². The van der Waals surface area contributed by atoms with Crippen LogP contribution >= 0.6 is 23.2 Å². The summed E-state index contributed by atoms with van der Waals surface area (Å²) in [7, 11) is 0. The van der Waals surface area contributed by atoms with Crippen LogP contribution in [0.5, 0.6) is 0 Å². The Morgan fingerprint density at radius 1 is 1.50 bits per heavy atom. The molecule has 0 N–H and O–H groups in total. The Balaban J connectivity index is 2.58. The summed E-state index contributed by atoms with van der Waals surface area (Å²) in [4.78, 5) is 3.89. The monoisotopic (exact) mass is 206 g/mol. The fourth-order valence-electron chi connectivity index (χ4n) is 0.896. The van der Waals surface area contributed by atoms with Gasteiger partial charge in [0.15, 0.2) is 5.15 Å². The molecule has 2 nitrogen and oxygen atoms in total. The molecular weight excluding hydrogens is 195 g/mol. The first-order valence-electron chi connectivity index (χ1n) is 3.97. The predicted octanol–water partition coefficient (Wildman–Crippen LogP) is 3.24. The number of halogens is 2. The largest absolute Gasteiger partial charge is 0.320 e. The van der Waals surface area contributed by atoms with E-state index < -0.39 is 0 Å². The van der Waals surface area contributed by atoms with E-state index in [2.05, 4.69) is 18.8 Å². The molecule has 0 amide bonds. The van der Waals surface area contributed by atoms with Gasteiger partial charge in [0.05, 0.1) is 6.33 Å². The van der Waals surface area contributed by atoms with E-state index in [1.54, 1.807) is 6.33 Å². The summed E-state index contributed by atoms with van der Waals surface area (Å²) in [6, 6.07) is 0. The smallest absolute Gasteiger partial charge is 0.166 e. The molecular formula is C8H12Cl2N2. The molecule has 0 unspecified atom stereocenters. The van der Waals surface area contributed by atoms with Crippen molar-refractivity contribution in [2.75, 3.05) is 0 Å². The van der Waals surface area contributed by atoms with Crippen LogP contribution in [0.4, 0.5) is 0 Å². The minimum absolute atomic E-state index is 0.389. The lowest BCUT2D eigenvalue weighted by molar-refractivity contribution is 0.516. The molecule has 1 heterocycles. The van der Waals surface area contributed by atoms with E-state index in [0.717, 1.165) is 13.0 Å². The van der Waals surface area contributed by atoms with Crippen LogP contribution in [-0.2, 0) is 6.54 Å². The van der Waals surface area contributed by atoms with Crippen molar-refractivity contribution < 1.29 is 0 Å². The van der Waals surface area contributed by atoms with Gasteiger partial charge >= 0.3 is 0 Å². The van der Waals surface area contributed by atoms with Crippen LogP contribution in [0.15, 0.2) is 6.33 Å². The van der Waals surface area contributed by atoms with Crippen LogP contribution in [0.25, 0.3) is 0 Å². The second kappa shape index (κ2) is 4.15. The van der Waals surface area contributed by atoms with Gasteiger partial charge in [-0.2, -0.15) is 0 Å². The highest BCUT2D eigenvalue weighted by Gasteiger charge is 2.05. The molecule has 0 fully saturated rings. The third-order valence-electron chi connectivity index (χ3n) is 1.68. The van der Waals surface area contributed by atoms with Crippen molar-refractivity contribution in [2.45, 2.75) is 26.8 Å².